The van der Waals surface area contributed by atoms with Crippen LogP contribution in [0.3, 0.4) is 0 Å². The third-order valence-corrected chi connectivity index (χ3v) is 3.22. The first kappa shape index (κ1) is 17.0. The van der Waals surface area contributed by atoms with E-state index in [0.29, 0.717) is 30.5 Å². The first-order chi connectivity index (χ1) is 9.51. The fourth-order valence-electron chi connectivity index (χ4n) is 2.16. The van der Waals surface area contributed by atoms with Crippen molar-refractivity contribution in [2.75, 3.05) is 18.1 Å². The lowest BCUT2D eigenvalue weighted by Crippen LogP contribution is -2.38. The van der Waals surface area contributed by atoms with Crippen LogP contribution >= 0.6 is 11.6 Å². The van der Waals surface area contributed by atoms with Gasteiger partial charge < -0.3 is 9.64 Å². The molecule has 1 aromatic rings. The average molecular weight is 301 g/mol. The van der Waals surface area contributed by atoms with E-state index in [1.165, 1.54) is 0 Å². The summed E-state index contributed by atoms with van der Waals surface area (Å²) in [4.78, 5) is 14.9. The fraction of sp³-hybridized carbons (Fsp3) is 0.786. The highest BCUT2D eigenvalue weighted by Crippen LogP contribution is 2.21. The number of aromatic nitrogens is 3. The molecule has 5 nitrogen and oxygen atoms in total. The molecule has 0 radical (unpaired) electrons. The van der Waals surface area contributed by atoms with E-state index in [1.807, 2.05) is 6.92 Å². The Kier molecular flexibility index (Phi) is 6.99. The first-order valence-electron chi connectivity index (χ1n) is 7.32. The maximum Gasteiger partial charge on any atom is 0.322 e. The highest BCUT2D eigenvalue weighted by atomic mass is 35.5. The van der Waals surface area contributed by atoms with Crippen molar-refractivity contribution in [3.8, 4) is 6.01 Å². The lowest BCUT2D eigenvalue weighted by Gasteiger charge is -2.32. The number of halogens is 1. The van der Waals surface area contributed by atoms with Gasteiger partial charge in [-0.2, -0.15) is 15.0 Å². The van der Waals surface area contributed by atoms with Crippen LogP contribution in [0.25, 0.3) is 0 Å². The molecule has 0 aromatic carbocycles. The van der Waals surface area contributed by atoms with E-state index in [4.69, 9.17) is 16.3 Å². The zero-order chi connectivity index (χ0) is 15.1. The number of anilines is 1. The smallest absolute Gasteiger partial charge is 0.322 e. The second-order valence-corrected chi connectivity index (χ2v) is 5.47. The molecule has 1 rings (SSSR count). The Balaban J connectivity index is 3.11. The maximum absolute atomic E-state index is 5.99. The summed E-state index contributed by atoms with van der Waals surface area (Å²) in [7, 11) is 0. The monoisotopic (exact) mass is 300 g/mol. The molecule has 114 valence electrons. The summed E-state index contributed by atoms with van der Waals surface area (Å²) in [6.45, 7) is 12.0. The van der Waals surface area contributed by atoms with Gasteiger partial charge >= 0.3 is 6.01 Å². The van der Waals surface area contributed by atoms with Gasteiger partial charge in [-0.1, -0.05) is 27.7 Å². The molecule has 0 bridgehead atoms. The molecular weight excluding hydrogens is 276 g/mol. The lowest BCUT2D eigenvalue weighted by atomic mass is 10.1. The molecule has 20 heavy (non-hydrogen) atoms. The number of rotatable bonds is 8. The molecule has 1 aromatic heterocycles. The van der Waals surface area contributed by atoms with Gasteiger partial charge in [0.25, 0.3) is 0 Å². The van der Waals surface area contributed by atoms with Gasteiger partial charge in [-0.3, -0.25) is 0 Å². The van der Waals surface area contributed by atoms with Crippen LogP contribution in [0.1, 0.15) is 47.5 Å². The Bertz CT molecular complexity index is 410. The normalized spacial score (nSPS) is 11.2. The minimum Gasteiger partial charge on any atom is -0.464 e. The van der Waals surface area contributed by atoms with Crippen LogP contribution in [0.4, 0.5) is 5.95 Å². The van der Waals surface area contributed by atoms with E-state index >= 15 is 0 Å². The third-order valence-electron chi connectivity index (χ3n) is 3.05. The Labute approximate surface area is 126 Å². The van der Waals surface area contributed by atoms with E-state index in [-0.39, 0.29) is 5.28 Å². The Morgan fingerprint density at radius 2 is 1.75 bits per heavy atom. The van der Waals surface area contributed by atoms with Crippen molar-refractivity contribution in [1.82, 2.24) is 15.0 Å². The summed E-state index contributed by atoms with van der Waals surface area (Å²) in [5, 5.41) is 0.179. The number of nitrogens with zero attached hydrogens (tertiary/aromatic N) is 4. The molecule has 6 heteroatoms. The predicted molar refractivity (Wildman–Crippen MR) is 82.6 cm³/mol. The van der Waals surface area contributed by atoms with Crippen molar-refractivity contribution in [2.45, 2.75) is 53.5 Å². The van der Waals surface area contributed by atoms with E-state index < -0.39 is 0 Å². The summed E-state index contributed by atoms with van der Waals surface area (Å²) in [6.07, 6.45) is 2.08. The van der Waals surface area contributed by atoms with E-state index in [9.17, 15) is 0 Å². The van der Waals surface area contributed by atoms with Gasteiger partial charge in [0, 0.05) is 12.6 Å². The SMILES string of the molecule is CCOc1nc(Cl)nc(N(CC(C)C)C(CC)CC)n1. The molecule has 0 saturated carbocycles. The van der Waals surface area contributed by atoms with Gasteiger partial charge in [-0.05, 0) is 37.3 Å². The van der Waals surface area contributed by atoms with Crippen molar-refractivity contribution in [3.05, 3.63) is 5.28 Å². The van der Waals surface area contributed by atoms with E-state index in [2.05, 4.69) is 47.5 Å². The highest BCUT2D eigenvalue weighted by molar-refractivity contribution is 6.28. The topological polar surface area (TPSA) is 51.1 Å². The molecule has 0 atom stereocenters. The molecule has 1 heterocycles. The third kappa shape index (κ3) is 4.78. The zero-order valence-corrected chi connectivity index (χ0v) is 13.8. The van der Waals surface area contributed by atoms with Gasteiger partial charge in [0.15, 0.2) is 0 Å². The molecule has 0 saturated heterocycles. The first-order valence-corrected chi connectivity index (χ1v) is 7.70. The lowest BCUT2D eigenvalue weighted by molar-refractivity contribution is 0.310. The minimum atomic E-state index is 0.179. The summed E-state index contributed by atoms with van der Waals surface area (Å²) < 4.78 is 5.36. The summed E-state index contributed by atoms with van der Waals surface area (Å²) in [5.41, 5.74) is 0. The Morgan fingerprint density at radius 1 is 1.10 bits per heavy atom. The number of ether oxygens (including phenoxy) is 1. The second kappa shape index (κ2) is 8.25. The molecule has 0 unspecified atom stereocenters. The average Bonchev–Trinajstić information content (AvgIpc) is 2.38. The second-order valence-electron chi connectivity index (χ2n) is 5.14. The standard InChI is InChI=1S/C14H25ClN4O/c1-6-11(7-2)19(9-10(4)5)13-16-12(15)17-14(18-13)20-8-3/h10-11H,6-9H2,1-5H3. The predicted octanol–water partition coefficient (Wildman–Crippen LogP) is 3.57. The Hall–Kier alpha value is -1.10. The van der Waals surface area contributed by atoms with Crippen LogP contribution < -0.4 is 9.64 Å². The zero-order valence-electron chi connectivity index (χ0n) is 13.1. The van der Waals surface area contributed by atoms with Crippen molar-refractivity contribution >= 4 is 17.5 Å². The quantitative estimate of drug-likeness (QED) is 0.734. The van der Waals surface area contributed by atoms with Crippen molar-refractivity contribution in [3.63, 3.8) is 0 Å². The van der Waals surface area contributed by atoms with Crippen LogP contribution in [0.2, 0.25) is 5.28 Å². The van der Waals surface area contributed by atoms with Gasteiger partial charge in [0.1, 0.15) is 0 Å². The van der Waals surface area contributed by atoms with Crippen molar-refractivity contribution < 1.29 is 4.74 Å². The van der Waals surface area contributed by atoms with E-state index in [0.717, 1.165) is 19.4 Å². The van der Waals surface area contributed by atoms with Crippen molar-refractivity contribution in [1.29, 1.82) is 0 Å². The van der Waals surface area contributed by atoms with Gasteiger partial charge in [0.2, 0.25) is 11.2 Å². The number of hydrogen-bond acceptors (Lipinski definition) is 5. The molecule has 0 spiro atoms. The van der Waals surface area contributed by atoms with Gasteiger partial charge in [-0.25, -0.2) is 0 Å². The molecule has 0 N–H and O–H groups in total. The molecule has 0 aliphatic rings. The highest BCUT2D eigenvalue weighted by Gasteiger charge is 2.21. The van der Waals surface area contributed by atoms with Gasteiger partial charge in [0.05, 0.1) is 6.61 Å². The summed E-state index contributed by atoms with van der Waals surface area (Å²) >= 11 is 5.99. The summed E-state index contributed by atoms with van der Waals surface area (Å²) in [5.74, 6) is 1.12. The van der Waals surface area contributed by atoms with Crippen LogP contribution in [0.15, 0.2) is 0 Å². The Morgan fingerprint density at radius 3 is 2.25 bits per heavy atom. The minimum absolute atomic E-state index is 0.179. The van der Waals surface area contributed by atoms with Crippen LogP contribution in [-0.4, -0.2) is 34.1 Å². The van der Waals surface area contributed by atoms with Crippen molar-refractivity contribution in [2.24, 2.45) is 5.92 Å². The van der Waals surface area contributed by atoms with Crippen LogP contribution in [0.5, 0.6) is 6.01 Å². The van der Waals surface area contributed by atoms with Crippen LogP contribution in [-0.2, 0) is 0 Å². The van der Waals surface area contributed by atoms with Crippen LogP contribution in [0, 0.1) is 5.92 Å². The molecule has 0 amide bonds. The molecule has 0 aliphatic carbocycles. The molecule has 0 fully saturated rings. The maximum atomic E-state index is 5.99. The van der Waals surface area contributed by atoms with Gasteiger partial charge in [-0.15, -0.1) is 0 Å². The fourth-order valence-corrected chi connectivity index (χ4v) is 2.31. The summed E-state index contributed by atoms with van der Waals surface area (Å²) in [6, 6.07) is 0.688. The molecule has 0 aliphatic heterocycles. The molecular formula is C14H25ClN4O. The number of hydrogen-bond donors (Lipinski definition) is 0. The largest absolute Gasteiger partial charge is 0.464 e. The van der Waals surface area contributed by atoms with E-state index in [1.54, 1.807) is 0 Å².